The van der Waals surface area contributed by atoms with E-state index in [0.29, 0.717) is 5.69 Å². The standard InChI is InChI=1S/C21H33N3O3S/c1-3-23-14-16-24(17-15-23)20(25)21(12-6-5-7-13-21)18-8-10-19(11-9-18)22-28(26,27)4-2/h8-11,22H,3-7,12-17H2,1-2H3. The highest BCUT2D eigenvalue weighted by Gasteiger charge is 2.43. The number of rotatable bonds is 6. The highest BCUT2D eigenvalue weighted by Crippen LogP contribution is 2.41. The number of carbonyl (C=O) groups is 1. The Morgan fingerprint density at radius 1 is 1.00 bits per heavy atom. The average molecular weight is 408 g/mol. The first-order chi connectivity index (χ1) is 13.4. The smallest absolute Gasteiger partial charge is 0.233 e. The fourth-order valence-electron chi connectivity index (χ4n) is 4.46. The molecule has 6 nitrogen and oxygen atoms in total. The molecule has 156 valence electrons. The Bertz CT molecular complexity index is 763. The minimum atomic E-state index is -3.30. The lowest BCUT2D eigenvalue weighted by molar-refractivity contribution is -0.140. The second kappa shape index (κ2) is 8.82. The van der Waals surface area contributed by atoms with Crippen molar-refractivity contribution >= 4 is 21.6 Å². The van der Waals surface area contributed by atoms with Gasteiger partial charge >= 0.3 is 0 Å². The topological polar surface area (TPSA) is 69.7 Å². The number of benzene rings is 1. The quantitative estimate of drug-likeness (QED) is 0.787. The number of amides is 1. The van der Waals surface area contributed by atoms with Gasteiger partial charge in [-0.2, -0.15) is 0 Å². The van der Waals surface area contributed by atoms with Crippen molar-refractivity contribution in [3.8, 4) is 0 Å². The Hall–Kier alpha value is -1.60. The molecule has 0 radical (unpaired) electrons. The van der Waals surface area contributed by atoms with Gasteiger partial charge in [-0.15, -0.1) is 0 Å². The number of anilines is 1. The third-order valence-electron chi connectivity index (χ3n) is 6.31. The summed E-state index contributed by atoms with van der Waals surface area (Å²) in [6, 6.07) is 7.47. The molecule has 7 heteroatoms. The summed E-state index contributed by atoms with van der Waals surface area (Å²) < 4.78 is 26.2. The molecule has 2 fully saturated rings. The number of sulfonamides is 1. The summed E-state index contributed by atoms with van der Waals surface area (Å²) in [5, 5.41) is 0. The van der Waals surface area contributed by atoms with Gasteiger partial charge in [0.1, 0.15) is 0 Å². The number of hydrogen-bond acceptors (Lipinski definition) is 4. The fraction of sp³-hybridized carbons (Fsp3) is 0.667. The largest absolute Gasteiger partial charge is 0.339 e. The lowest BCUT2D eigenvalue weighted by Crippen LogP contribution is -2.55. The van der Waals surface area contributed by atoms with Gasteiger partial charge in [-0.3, -0.25) is 9.52 Å². The number of carbonyl (C=O) groups excluding carboxylic acids is 1. The number of hydrogen-bond donors (Lipinski definition) is 1. The highest BCUT2D eigenvalue weighted by molar-refractivity contribution is 7.92. The fourth-order valence-corrected chi connectivity index (χ4v) is 5.10. The van der Waals surface area contributed by atoms with Gasteiger partial charge in [0, 0.05) is 31.9 Å². The molecular formula is C21H33N3O3S. The molecule has 0 spiro atoms. The zero-order valence-corrected chi connectivity index (χ0v) is 17.9. The summed E-state index contributed by atoms with van der Waals surface area (Å²) in [6.07, 6.45) is 5.04. The van der Waals surface area contributed by atoms with Crippen LogP contribution in [-0.4, -0.2) is 62.6 Å². The van der Waals surface area contributed by atoms with E-state index in [0.717, 1.165) is 64.0 Å². The van der Waals surface area contributed by atoms with E-state index in [2.05, 4.69) is 16.5 Å². The zero-order chi connectivity index (χ0) is 20.2. The monoisotopic (exact) mass is 407 g/mol. The Morgan fingerprint density at radius 3 is 2.14 bits per heavy atom. The van der Waals surface area contributed by atoms with Crippen molar-refractivity contribution in [3.63, 3.8) is 0 Å². The minimum Gasteiger partial charge on any atom is -0.339 e. The molecule has 1 aromatic carbocycles. The predicted octanol–water partition coefficient (Wildman–Crippen LogP) is 2.81. The normalized spacial score (nSPS) is 20.7. The predicted molar refractivity (Wildman–Crippen MR) is 113 cm³/mol. The van der Waals surface area contributed by atoms with Gasteiger partial charge in [-0.05, 0) is 44.0 Å². The van der Waals surface area contributed by atoms with E-state index in [1.54, 1.807) is 19.1 Å². The van der Waals surface area contributed by atoms with Crippen LogP contribution in [0.5, 0.6) is 0 Å². The van der Waals surface area contributed by atoms with Gasteiger partial charge in [-0.25, -0.2) is 8.42 Å². The molecule has 1 amide bonds. The van der Waals surface area contributed by atoms with Crippen molar-refractivity contribution in [2.24, 2.45) is 0 Å². The maximum Gasteiger partial charge on any atom is 0.233 e. The third-order valence-corrected chi connectivity index (χ3v) is 7.62. The van der Waals surface area contributed by atoms with E-state index in [4.69, 9.17) is 0 Å². The molecule has 0 unspecified atom stereocenters. The van der Waals surface area contributed by atoms with Crippen LogP contribution >= 0.6 is 0 Å². The molecule has 1 aliphatic carbocycles. The summed E-state index contributed by atoms with van der Waals surface area (Å²) in [6.45, 7) is 8.28. The summed E-state index contributed by atoms with van der Waals surface area (Å²) in [7, 11) is -3.30. The van der Waals surface area contributed by atoms with E-state index in [-0.39, 0.29) is 11.7 Å². The van der Waals surface area contributed by atoms with Crippen LogP contribution in [0.25, 0.3) is 0 Å². The zero-order valence-electron chi connectivity index (χ0n) is 17.1. The van der Waals surface area contributed by atoms with Crippen molar-refractivity contribution in [2.45, 2.75) is 51.4 Å². The van der Waals surface area contributed by atoms with Gasteiger partial charge in [0.25, 0.3) is 0 Å². The van der Waals surface area contributed by atoms with Crippen LogP contribution in [0, 0.1) is 0 Å². The Morgan fingerprint density at radius 2 is 1.61 bits per heavy atom. The van der Waals surface area contributed by atoms with Crippen LogP contribution in [0.2, 0.25) is 0 Å². The molecule has 3 rings (SSSR count). The van der Waals surface area contributed by atoms with Crippen LogP contribution in [0.1, 0.15) is 51.5 Å². The van der Waals surface area contributed by atoms with Gasteiger partial charge in [0.2, 0.25) is 15.9 Å². The lowest BCUT2D eigenvalue weighted by Gasteiger charge is -2.43. The van der Waals surface area contributed by atoms with Crippen LogP contribution in [0.4, 0.5) is 5.69 Å². The number of likely N-dealkylation sites (N-methyl/N-ethyl adjacent to an activating group) is 1. The van der Waals surface area contributed by atoms with Gasteiger partial charge < -0.3 is 9.80 Å². The van der Waals surface area contributed by atoms with E-state index in [1.165, 1.54) is 6.42 Å². The van der Waals surface area contributed by atoms with Crippen molar-refractivity contribution in [1.29, 1.82) is 0 Å². The minimum absolute atomic E-state index is 0.0426. The molecule has 1 N–H and O–H groups in total. The molecule has 0 aromatic heterocycles. The summed E-state index contributed by atoms with van der Waals surface area (Å²) in [4.78, 5) is 18.1. The summed E-state index contributed by atoms with van der Waals surface area (Å²) in [5.41, 5.74) is 1.12. The molecule has 28 heavy (non-hydrogen) atoms. The molecule has 1 saturated heterocycles. The number of piperazine rings is 1. The van der Waals surface area contributed by atoms with Crippen molar-refractivity contribution in [2.75, 3.05) is 43.2 Å². The first kappa shape index (κ1) is 21.1. The van der Waals surface area contributed by atoms with Crippen molar-refractivity contribution in [3.05, 3.63) is 29.8 Å². The first-order valence-corrected chi connectivity index (χ1v) is 12.2. The van der Waals surface area contributed by atoms with Gasteiger partial charge in [-0.1, -0.05) is 38.3 Å². The molecule has 1 heterocycles. The Balaban J connectivity index is 1.82. The maximum absolute atomic E-state index is 13.6. The summed E-state index contributed by atoms with van der Waals surface area (Å²) >= 11 is 0. The van der Waals surface area contributed by atoms with Gasteiger partial charge in [0.15, 0.2) is 0 Å². The molecule has 0 atom stereocenters. The van der Waals surface area contributed by atoms with Crippen molar-refractivity contribution < 1.29 is 13.2 Å². The highest BCUT2D eigenvalue weighted by atomic mass is 32.2. The van der Waals surface area contributed by atoms with Crippen LogP contribution in [0.15, 0.2) is 24.3 Å². The SMILES string of the molecule is CCN1CCN(C(=O)C2(c3ccc(NS(=O)(=O)CC)cc3)CCCCC2)CC1. The number of nitrogens with one attached hydrogen (secondary N) is 1. The summed E-state index contributed by atoms with van der Waals surface area (Å²) in [5.74, 6) is 0.297. The Kier molecular flexibility index (Phi) is 6.65. The second-order valence-electron chi connectivity index (χ2n) is 7.95. The van der Waals surface area contributed by atoms with E-state index in [9.17, 15) is 13.2 Å². The van der Waals surface area contributed by atoms with Crippen LogP contribution in [-0.2, 0) is 20.2 Å². The van der Waals surface area contributed by atoms with E-state index >= 15 is 0 Å². The third kappa shape index (κ3) is 4.51. The molecule has 1 saturated carbocycles. The molecular weight excluding hydrogens is 374 g/mol. The average Bonchev–Trinajstić information content (AvgIpc) is 2.74. The molecule has 1 aliphatic heterocycles. The second-order valence-corrected chi connectivity index (χ2v) is 9.96. The lowest BCUT2D eigenvalue weighted by atomic mass is 9.68. The van der Waals surface area contributed by atoms with E-state index in [1.807, 2.05) is 17.0 Å². The molecule has 0 bridgehead atoms. The van der Waals surface area contributed by atoms with Crippen molar-refractivity contribution in [1.82, 2.24) is 9.80 Å². The maximum atomic E-state index is 13.6. The number of nitrogens with zero attached hydrogens (tertiary/aromatic N) is 2. The molecule has 2 aliphatic rings. The van der Waals surface area contributed by atoms with Crippen LogP contribution < -0.4 is 4.72 Å². The Labute approximate surface area is 169 Å². The van der Waals surface area contributed by atoms with Crippen LogP contribution in [0.3, 0.4) is 0 Å². The molecule has 1 aromatic rings. The van der Waals surface area contributed by atoms with Gasteiger partial charge in [0.05, 0.1) is 11.2 Å². The first-order valence-electron chi connectivity index (χ1n) is 10.5. The van der Waals surface area contributed by atoms with E-state index < -0.39 is 15.4 Å².